The van der Waals surface area contributed by atoms with Crippen LogP contribution in [0, 0.1) is 11.8 Å². The number of rotatable bonds is 5. The van der Waals surface area contributed by atoms with Crippen molar-refractivity contribution in [3.63, 3.8) is 0 Å². The molecule has 3 heteroatoms. The minimum atomic E-state index is 0.335. The van der Waals surface area contributed by atoms with Crippen LogP contribution in [0.5, 0.6) is 0 Å². The summed E-state index contributed by atoms with van der Waals surface area (Å²) >= 11 is 0. The molecule has 3 aliphatic rings. The molecule has 0 bridgehead atoms. The third-order valence-electron chi connectivity index (χ3n) is 6.35. The van der Waals surface area contributed by atoms with Gasteiger partial charge in [-0.05, 0) is 74.6 Å². The van der Waals surface area contributed by atoms with E-state index in [1.165, 1.54) is 36.8 Å². The van der Waals surface area contributed by atoms with Gasteiger partial charge in [0.05, 0.1) is 6.04 Å². The Labute approximate surface area is 145 Å². The van der Waals surface area contributed by atoms with Crippen LogP contribution < -0.4 is 5.32 Å². The van der Waals surface area contributed by atoms with E-state index < -0.39 is 0 Å². The van der Waals surface area contributed by atoms with Crippen LogP contribution in [0.4, 0.5) is 0 Å². The second-order valence-electron chi connectivity index (χ2n) is 8.05. The third kappa shape index (κ3) is 3.23. The van der Waals surface area contributed by atoms with Crippen LogP contribution in [0.2, 0.25) is 0 Å². The topological polar surface area (TPSA) is 32.3 Å². The van der Waals surface area contributed by atoms with Crippen LogP contribution in [0.1, 0.15) is 62.6 Å². The first-order valence-electron chi connectivity index (χ1n) is 9.83. The molecular formula is C21H30N2O. The number of hydrogen-bond acceptors (Lipinski definition) is 2. The number of benzene rings is 1. The van der Waals surface area contributed by atoms with Crippen molar-refractivity contribution >= 4 is 5.91 Å². The average molecular weight is 326 g/mol. The molecule has 24 heavy (non-hydrogen) atoms. The number of nitrogens with one attached hydrogen (secondary N) is 1. The van der Waals surface area contributed by atoms with Gasteiger partial charge in [0.2, 0.25) is 5.91 Å². The van der Waals surface area contributed by atoms with E-state index in [9.17, 15) is 4.79 Å². The molecule has 1 amide bonds. The molecule has 1 aromatic rings. The Hall–Kier alpha value is -1.35. The van der Waals surface area contributed by atoms with Gasteiger partial charge in [-0.15, -0.1) is 0 Å². The summed E-state index contributed by atoms with van der Waals surface area (Å²) in [5.74, 6) is 1.63. The van der Waals surface area contributed by atoms with E-state index in [-0.39, 0.29) is 0 Å². The minimum absolute atomic E-state index is 0.335. The summed E-state index contributed by atoms with van der Waals surface area (Å²) in [5.41, 5.74) is 2.86. The lowest BCUT2D eigenvalue weighted by Gasteiger charge is -2.33. The molecule has 2 fully saturated rings. The van der Waals surface area contributed by atoms with E-state index in [4.69, 9.17) is 0 Å². The number of piperidine rings is 1. The highest BCUT2D eigenvalue weighted by Crippen LogP contribution is 2.42. The lowest BCUT2D eigenvalue weighted by Crippen LogP contribution is -2.38. The number of aryl methyl sites for hydroxylation is 1. The molecule has 2 aliphatic carbocycles. The SMILES string of the molecule is CC(CC(=O)N(C1CC1)C1CCc2ccccc21)C1CCNCC1. The fraction of sp³-hybridized carbons (Fsp3) is 0.667. The Morgan fingerprint density at radius 1 is 1.17 bits per heavy atom. The Bertz CT molecular complexity index is 589. The number of hydrogen-bond donors (Lipinski definition) is 1. The maximum absolute atomic E-state index is 13.2. The molecule has 1 saturated heterocycles. The highest BCUT2D eigenvalue weighted by atomic mass is 16.2. The van der Waals surface area contributed by atoms with Crippen LogP contribution in [-0.4, -0.2) is 29.9 Å². The number of nitrogens with zero attached hydrogens (tertiary/aromatic N) is 1. The maximum Gasteiger partial charge on any atom is 0.223 e. The van der Waals surface area contributed by atoms with Crippen LogP contribution in [0.25, 0.3) is 0 Å². The Balaban J connectivity index is 1.46. The summed E-state index contributed by atoms with van der Waals surface area (Å²) in [6, 6.07) is 9.58. The van der Waals surface area contributed by atoms with Crippen molar-refractivity contribution in [1.82, 2.24) is 10.2 Å². The number of amides is 1. The molecular weight excluding hydrogens is 296 g/mol. The Morgan fingerprint density at radius 3 is 2.67 bits per heavy atom. The quantitative estimate of drug-likeness (QED) is 0.895. The number of fused-ring (bicyclic) bond motifs is 1. The smallest absolute Gasteiger partial charge is 0.223 e. The molecule has 3 nitrogen and oxygen atoms in total. The molecule has 1 aromatic carbocycles. The zero-order valence-corrected chi connectivity index (χ0v) is 14.8. The highest BCUT2D eigenvalue weighted by molar-refractivity contribution is 5.78. The summed E-state index contributed by atoms with van der Waals surface area (Å²) in [7, 11) is 0. The predicted octanol–water partition coefficient (Wildman–Crippen LogP) is 3.69. The third-order valence-corrected chi connectivity index (χ3v) is 6.35. The second-order valence-corrected chi connectivity index (χ2v) is 8.05. The van der Waals surface area contributed by atoms with Crippen LogP contribution >= 0.6 is 0 Å². The van der Waals surface area contributed by atoms with Crippen molar-refractivity contribution in [1.29, 1.82) is 0 Å². The summed E-state index contributed by atoms with van der Waals surface area (Å²) < 4.78 is 0. The van der Waals surface area contributed by atoms with Crippen molar-refractivity contribution in [2.24, 2.45) is 11.8 Å². The first kappa shape index (κ1) is 16.1. The second kappa shape index (κ2) is 6.87. The van der Waals surface area contributed by atoms with E-state index >= 15 is 0 Å². The minimum Gasteiger partial charge on any atom is -0.333 e. The van der Waals surface area contributed by atoms with Crippen molar-refractivity contribution < 1.29 is 4.79 Å². The van der Waals surface area contributed by atoms with Crippen LogP contribution in [-0.2, 0) is 11.2 Å². The fourth-order valence-electron chi connectivity index (χ4n) is 4.77. The largest absolute Gasteiger partial charge is 0.333 e. The standard InChI is InChI=1S/C21H30N2O/c1-15(16-10-12-22-13-11-16)14-21(24)23(18-7-8-18)20-9-6-17-4-2-3-5-19(17)20/h2-5,15-16,18,20,22H,6-14H2,1H3. The van der Waals surface area contributed by atoms with E-state index in [1.807, 2.05) is 0 Å². The Kier molecular flexibility index (Phi) is 4.62. The van der Waals surface area contributed by atoms with Crippen molar-refractivity contribution in [2.45, 2.75) is 64.0 Å². The van der Waals surface area contributed by atoms with Gasteiger partial charge in [0.15, 0.2) is 0 Å². The van der Waals surface area contributed by atoms with Crippen LogP contribution in [0.15, 0.2) is 24.3 Å². The average Bonchev–Trinajstić information content (AvgIpc) is 3.36. The number of carbonyl (C=O) groups excluding carboxylic acids is 1. The van der Waals surface area contributed by atoms with Gasteiger partial charge in [-0.1, -0.05) is 31.2 Å². The summed E-state index contributed by atoms with van der Waals surface area (Å²) in [4.78, 5) is 15.5. The van der Waals surface area contributed by atoms with Crippen molar-refractivity contribution in [3.05, 3.63) is 35.4 Å². The molecule has 130 valence electrons. The lowest BCUT2D eigenvalue weighted by molar-refractivity contribution is -0.135. The van der Waals surface area contributed by atoms with Gasteiger partial charge in [-0.25, -0.2) is 0 Å². The maximum atomic E-state index is 13.2. The molecule has 0 radical (unpaired) electrons. The molecule has 1 saturated carbocycles. The summed E-state index contributed by atoms with van der Waals surface area (Å²) in [6.45, 7) is 4.53. The Morgan fingerprint density at radius 2 is 1.92 bits per heavy atom. The van der Waals surface area contributed by atoms with E-state index in [2.05, 4.69) is 41.4 Å². The van der Waals surface area contributed by atoms with Gasteiger partial charge in [0.25, 0.3) is 0 Å². The van der Waals surface area contributed by atoms with Gasteiger partial charge >= 0.3 is 0 Å². The highest BCUT2D eigenvalue weighted by Gasteiger charge is 2.40. The zero-order chi connectivity index (χ0) is 16.5. The molecule has 1 aliphatic heterocycles. The summed E-state index contributed by atoms with van der Waals surface area (Å²) in [5, 5.41) is 3.43. The first-order valence-corrected chi connectivity index (χ1v) is 9.83. The van der Waals surface area contributed by atoms with Gasteiger partial charge in [0.1, 0.15) is 0 Å². The summed E-state index contributed by atoms with van der Waals surface area (Å²) in [6.07, 6.45) is 7.83. The normalized spacial score (nSPS) is 25.3. The first-order chi connectivity index (χ1) is 11.7. The molecule has 4 rings (SSSR count). The van der Waals surface area contributed by atoms with Gasteiger partial charge in [-0.2, -0.15) is 0 Å². The molecule has 0 aromatic heterocycles. The van der Waals surface area contributed by atoms with E-state index in [0.717, 1.165) is 32.4 Å². The van der Waals surface area contributed by atoms with Crippen molar-refractivity contribution in [3.8, 4) is 0 Å². The molecule has 1 heterocycles. The fourth-order valence-corrected chi connectivity index (χ4v) is 4.77. The van der Waals surface area contributed by atoms with E-state index in [0.29, 0.717) is 29.8 Å². The molecule has 2 atom stereocenters. The zero-order valence-electron chi connectivity index (χ0n) is 14.8. The van der Waals surface area contributed by atoms with Gasteiger partial charge in [-0.3, -0.25) is 4.79 Å². The number of carbonyl (C=O) groups is 1. The van der Waals surface area contributed by atoms with E-state index in [1.54, 1.807) is 0 Å². The van der Waals surface area contributed by atoms with Gasteiger partial charge in [0, 0.05) is 12.5 Å². The molecule has 0 spiro atoms. The monoisotopic (exact) mass is 326 g/mol. The van der Waals surface area contributed by atoms with Crippen LogP contribution in [0.3, 0.4) is 0 Å². The predicted molar refractivity (Wildman–Crippen MR) is 96.7 cm³/mol. The lowest BCUT2D eigenvalue weighted by atomic mass is 9.83. The van der Waals surface area contributed by atoms with Gasteiger partial charge < -0.3 is 10.2 Å². The molecule has 1 N–H and O–H groups in total. The molecule has 2 unspecified atom stereocenters. The van der Waals surface area contributed by atoms with Crippen molar-refractivity contribution in [2.75, 3.05) is 13.1 Å².